The van der Waals surface area contributed by atoms with Crippen LogP contribution in [0.2, 0.25) is 0 Å². The zero-order valence-electron chi connectivity index (χ0n) is 14.0. The minimum atomic E-state index is -0.118. The number of nitrogens with one attached hydrogen (secondary N) is 1. The zero-order valence-corrected chi connectivity index (χ0v) is 14.0. The summed E-state index contributed by atoms with van der Waals surface area (Å²) < 4.78 is 5.01. The molecule has 24 heavy (non-hydrogen) atoms. The summed E-state index contributed by atoms with van der Waals surface area (Å²) >= 11 is 0. The number of carbonyl (C=O) groups is 2. The van der Waals surface area contributed by atoms with Crippen LogP contribution in [0.4, 0.5) is 0 Å². The Balaban J connectivity index is 1.84. The van der Waals surface area contributed by atoms with Crippen LogP contribution >= 0.6 is 0 Å². The van der Waals surface area contributed by atoms with Crippen molar-refractivity contribution in [1.29, 1.82) is 0 Å². The summed E-state index contributed by atoms with van der Waals surface area (Å²) in [6.45, 7) is 3.75. The van der Waals surface area contributed by atoms with Crippen LogP contribution in [0.25, 0.3) is 10.9 Å². The first-order valence-electron chi connectivity index (χ1n) is 8.58. The quantitative estimate of drug-likeness (QED) is 0.695. The Morgan fingerprint density at radius 3 is 3.00 bits per heavy atom. The Kier molecular flexibility index (Phi) is 3.68. The normalized spacial score (nSPS) is 26.2. The van der Waals surface area contributed by atoms with Gasteiger partial charge in [-0.15, -0.1) is 0 Å². The molecule has 2 heterocycles. The van der Waals surface area contributed by atoms with Crippen LogP contribution in [0.1, 0.15) is 40.9 Å². The monoisotopic (exact) mass is 326 g/mol. The van der Waals surface area contributed by atoms with Crippen molar-refractivity contribution >= 4 is 23.2 Å². The lowest BCUT2D eigenvalue weighted by Gasteiger charge is -2.46. The molecule has 1 saturated heterocycles. The molecular formula is C19H22N2O3. The first kappa shape index (κ1) is 15.4. The highest BCUT2D eigenvalue weighted by molar-refractivity contribution is 5.95. The van der Waals surface area contributed by atoms with E-state index in [9.17, 15) is 9.59 Å². The van der Waals surface area contributed by atoms with Crippen molar-refractivity contribution in [3.63, 3.8) is 0 Å². The maximum absolute atomic E-state index is 12.1. The third kappa shape index (κ3) is 2.11. The van der Waals surface area contributed by atoms with Crippen LogP contribution in [-0.4, -0.2) is 48.4 Å². The molecule has 1 aromatic heterocycles. The number of hydrogen-bond acceptors (Lipinski definition) is 4. The largest absolute Gasteiger partial charge is 0.469 e. The molecule has 4 rings (SSSR count). The number of likely N-dealkylation sites (tertiary alicyclic amines) is 1. The van der Waals surface area contributed by atoms with E-state index in [4.69, 9.17) is 4.74 Å². The third-order valence-corrected chi connectivity index (χ3v) is 5.79. The van der Waals surface area contributed by atoms with Crippen molar-refractivity contribution in [2.24, 2.45) is 5.92 Å². The van der Waals surface area contributed by atoms with Crippen molar-refractivity contribution in [1.82, 2.24) is 9.88 Å². The fourth-order valence-corrected chi connectivity index (χ4v) is 4.71. The Bertz CT molecular complexity index is 810. The van der Waals surface area contributed by atoms with Crippen LogP contribution in [-0.2, 0) is 16.0 Å². The number of benzene rings is 1. The molecule has 126 valence electrons. The lowest BCUT2D eigenvalue weighted by molar-refractivity contribution is -0.148. The van der Waals surface area contributed by atoms with Gasteiger partial charge in [-0.3, -0.25) is 14.5 Å². The van der Waals surface area contributed by atoms with Crippen molar-refractivity contribution in [3.05, 3.63) is 35.0 Å². The van der Waals surface area contributed by atoms with Gasteiger partial charge in [-0.2, -0.15) is 0 Å². The Morgan fingerprint density at radius 2 is 2.29 bits per heavy atom. The SMILES string of the molecule is CCN1C[C@@H](C(=O)OC)CC2c3cccc4[nH]c(C=O)c(c34)C[C@H]21. The van der Waals surface area contributed by atoms with Gasteiger partial charge in [0.1, 0.15) is 0 Å². The van der Waals surface area contributed by atoms with Crippen LogP contribution < -0.4 is 0 Å². The van der Waals surface area contributed by atoms with E-state index >= 15 is 0 Å². The highest BCUT2D eigenvalue weighted by Gasteiger charge is 2.43. The average Bonchev–Trinajstić information content (AvgIpc) is 2.99. The van der Waals surface area contributed by atoms with Gasteiger partial charge < -0.3 is 9.72 Å². The van der Waals surface area contributed by atoms with Gasteiger partial charge in [-0.05, 0) is 36.6 Å². The third-order valence-electron chi connectivity index (χ3n) is 5.79. The molecule has 0 saturated carbocycles. The smallest absolute Gasteiger partial charge is 0.309 e. The number of nitrogens with zero attached hydrogens (tertiary/aromatic N) is 1. The van der Waals surface area contributed by atoms with Crippen LogP contribution in [0.3, 0.4) is 0 Å². The van der Waals surface area contributed by atoms with E-state index in [-0.39, 0.29) is 11.9 Å². The van der Waals surface area contributed by atoms with Crippen molar-refractivity contribution in [2.45, 2.75) is 31.7 Å². The summed E-state index contributed by atoms with van der Waals surface area (Å²) in [6.07, 6.45) is 2.60. The molecule has 1 aliphatic heterocycles. The van der Waals surface area contributed by atoms with E-state index in [1.165, 1.54) is 18.1 Å². The van der Waals surface area contributed by atoms with Gasteiger partial charge in [0.25, 0.3) is 0 Å². The van der Waals surface area contributed by atoms with Gasteiger partial charge in [-0.1, -0.05) is 19.1 Å². The van der Waals surface area contributed by atoms with E-state index in [0.29, 0.717) is 17.7 Å². The molecule has 5 heteroatoms. The minimum Gasteiger partial charge on any atom is -0.469 e. The second kappa shape index (κ2) is 5.74. The lowest BCUT2D eigenvalue weighted by Crippen LogP contribution is -2.51. The van der Waals surface area contributed by atoms with Crippen molar-refractivity contribution in [3.8, 4) is 0 Å². The number of aldehydes is 1. The van der Waals surface area contributed by atoms with Gasteiger partial charge in [0, 0.05) is 29.4 Å². The van der Waals surface area contributed by atoms with Gasteiger partial charge in [0.2, 0.25) is 0 Å². The number of piperidine rings is 1. The molecule has 1 unspecified atom stereocenters. The number of rotatable bonds is 3. The topological polar surface area (TPSA) is 62.4 Å². The first-order chi connectivity index (χ1) is 11.7. The highest BCUT2D eigenvalue weighted by atomic mass is 16.5. The summed E-state index contributed by atoms with van der Waals surface area (Å²) in [6, 6.07) is 6.54. The van der Waals surface area contributed by atoms with Gasteiger partial charge in [0.05, 0.1) is 18.7 Å². The molecule has 0 amide bonds. The number of methoxy groups -OCH3 is 1. The van der Waals surface area contributed by atoms with Gasteiger partial charge >= 0.3 is 5.97 Å². The van der Waals surface area contributed by atoms with E-state index < -0.39 is 0 Å². The summed E-state index contributed by atoms with van der Waals surface area (Å²) in [5.74, 6) is 0.0966. The molecule has 1 aliphatic carbocycles. The fraction of sp³-hybridized carbons (Fsp3) is 0.474. The molecule has 5 nitrogen and oxygen atoms in total. The molecule has 0 bridgehead atoms. The van der Waals surface area contributed by atoms with Crippen molar-refractivity contribution in [2.75, 3.05) is 20.2 Å². The van der Waals surface area contributed by atoms with E-state index in [1.54, 1.807) is 0 Å². The van der Waals surface area contributed by atoms with Crippen LogP contribution in [0.15, 0.2) is 18.2 Å². The number of aromatic nitrogens is 1. The van der Waals surface area contributed by atoms with Crippen LogP contribution in [0.5, 0.6) is 0 Å². The number of fused-ring (bicyclic) bond motifs is 2. The zero-order chi connectivity index (χ0) is 16.8. The summed E-state index contributed by atoms with van der Waals surface area (Å²) in [5.41, 5.74) is 4.11. The summed E-state index contributed by atoms with van der Waals surface area (Å²) in [5, 5.41) is 1.18. The molecule has 3 atom stereocenters. The number of carbonyl (C=O) groups excluding carboxylic acids is 2. The predicted octanol–water partition coefficient (Wildman–Crippen LogP) is 2.50. The minimum absolute atomic E-state index is 0.0857. The maximum Gasteiger partial charge on any atom is 0.309 e. The van der Waals surface area contributed by atoms with Crippen LogP contribution in [0, 0.1) is 5.92 Å². The molecule has 1 fully saturated rings. The molecule has 0 radical (unpaired) electrons. The lowest BCUT2D eigenvalue weighted by atomic mass is 9.72. The maximum atomic E-state index is 12.1. The molecule has 1 aromatic carbocycles. The van der Waals surface area contributed by atoms with Crippen molar-refractivity contribution < 1.29 is 14.3 Å². The van der Waals surface area contributed by atoms with Gasteiger partial charge in [-0.25, -0.2) is 0 Å². The second-order valence-electron chi connectivity index (χ2n) is 6.83. The van der Waals surface area contributed by atoms with E-state index in [0.717, 1.165) is 43.3 Å². The predicted molar refractivity (Wildman–Crippen MR) is 91.3 cm³/mol. The molecular weight excluding hydrogens is 304 g/mol. The summed E-state index contributed by atoms with van der Waals surface area (Å²) in [7, 11) is 1.47. The number of ether oxygens (including phenoxy) is 1. The fourth-order valence-electron chi connectivity index (χ4n) is 4.71. The number of esters is 1. The number of hydrogen-bond donors (Lipinski definition) is 1. The molecule has 2 aromatic rings. The summed E-state index contributed by atoms with van der Waals surface area (Å²) in [4.78, 5) is 29.2. The second-order valence-corrected chi connectivity index (χ2v) is 6.83. The van der Waals surface area contributed by atoms with E-state index in [2.05, 4.69) is 22.9 Å². The molecule has 1 N–H and O–H groups in total. The molecule has 2 aliphatic rings. The average molecular weight is 326 g/mol. The van der Waals surface area contributed by atoms with Gasteiger partial charge in [0.15, 0.2) is 6.29 Å². The molecule has 0 spiro atoms. The standard InChI is InChI=1S/C19H22N2O3/c1-3-21-9-11(19(23)24-2)7-13-12-5-4-6-15-18(12)14(8-17(13)21)16(10-22)20-15/h4-6,10-11,13,17,20H,3,7-9H2,1-2H3/t11-,13?,17+/m0/s1. The Hall–Kier alpha value is -2.14. The highest BCUT2D eigenvalue weighted by Crippen LogP contribution is 2.45. The van der Waals surface area contributed by atoms with E-state index in [1.807, 2.05) is 12.1 Å². The Labute approximate surface area is 141 Å². The first-order valence-corrected chi connectivity index (χ1v) is 8.58. The number of H-pyrrole nitrogens is 1. The number of likely N-dealkylation sites (N-methyl/N-ethyl adjacent to an activating group) is 1. The Morgan fingerprint density at radius 1 is 1.46 bits per heavy atom. The number of aromatic amines is 1.